The number of carbonyl (C=O) groups excluding carboxylic acids is 1. The smallest absolute Gasteiger partial charge is 0.321 e. The molecule has 2 rings (SSSR count). The number of nitrogens with zero attached hydrogens (tertiary/aromatic N) is 1. The maximum absolute atomic E-state index is 11.9. The molecule has 92 valence electrons. The summed E-state index contributed by atoms with van der Waals surface area (Å²) in [5.41, 5.74) is -0.191. The van der Waals surface area contributed by atoms with E-state index >= 15 is 0 Å². The van der Waals surface area contributed by atoms with E-state index in [9.17, 15) is 9.90 Å². The Bertz CT molecular complexity index is 434. The molecule has 1 unspecified atom stereocenters. The quantitative estimate of drug-likeness (QED) is 0.808. The minimum absolute atomic E-state index is 0.226. The van der Waals surface area contributed by atoms with Gasteiger partial charge in [-0.25, -0.2) is 4.79 Å². The van der Waals surface area contributed by atoms with Crippen LogP contribution >= 0.6 is 11.6 Å². The summed E-state index contributed by atoms with van der Waals surface area (Å²) < 4.78 is 0. The second kappa shape index (κ2) is 4.55. The summed E-state index contributed by atoms with van der Waals surface area (Å²) in [7, 11) is 0. The van der Waals surface area contributed by atoms with Gasteiger partial charge < -0.3 is 15.3 Å². The van der Waals surface area contributed by atoms with Gasteiger partial charge in [-0.15, -0.1) is 0 Å². The van der Waals surface area contributed by atoms with E-state index in [-0.39, 0.29) is 6.03 Å². The average molecular weight is 255 g/mol. The number of urea groups is 1. The van der Waals surface area contributed by atoms with Gasteiger partial charge in [-0.3, -0.25) is 0 Å². The number of hydrogen-bond donors (Lipinski definition) is 2. The second-order valence-corrected chi connectivity index (χ2v) is 4.99. The van der Waals surface area contributed by atoms with Gasteiger partial charge in [0.2, 0.25) is 0 Å². The van der Waals surface area contributed by atoms with Crippen molar-refractivity contribution in [3.05, 3.63) is 29.3 Å². The van der Waals surface area contributed by atoms with E-state index in [1.165, 1.54) is 0 Å². The van der Waals surface area contributed by atoms with Gasteiger partial charge in [0.25, 0.3) is 0 Å². The van der Waals surface area contributed by atoms with Gasteiger partial charge in [-0.1, -0.05) is 23.7 Å². The Hall–Kier alpha value is -1.26. The van der Waals surface area contributed by atoms with Crippen molar-refractivity contribution in [2.45, 2.75) is 18.9 Å². The summed E-state index contributed by atoms with van der Waals surface area (Å²) >= 11 is 5.95. The van der Waals surface area contributed by atoms with Crippen LogP contribution in [0.3, 0.4) is 0 Å². The molecule has 1 aliphatic heterocycles. The summed E-state index contributed by atoms with van der Waals surface area (Å²) in [5, 5.41) is 13.0. The fourth-order valence-electron chi connectivity index (χ4n) is 1.88. The molecule has 1 aromatic carbocycles. The molecule has 4 nitrogen and oxygen atoms in total. The summed E-state index contributed by atoms with van der Waals surface area (Å²) in [4.78, 5) is 13.5. The molecule has 0 bridgehead atoms. The molecule has 0 radical (unpaired) electrons. The largest absolute Gasteiger partial charge is 0.388 e. The molecule has 1 aliphatic rings. The summed E-state index contributed by atoms with van der Waals surface area (Å²) in [5.74, 6) is 0. The van der Waals surface area contributed by atoms with Crippen LogP contribution in [0, 0.1) is 0 Å². The highest BCUT2D eigenvalue weighted by Gasteiger charge is 2.34. The molecular weight excluding hydrogens is 240 g/mol. The zero-order valence-corrected chi connectivity index (χ0v) is 10.4. The van der Waals surface area contributed by atoms with Crippen LogP contribution in [0.5, 0.6) is 0 Å². The molecule has 0 aliphatic carbocycles. The average Bonchev–Trinajstić information content (AvgIpc) is 2.62. The van der Waals surface area contributed by atoms with Crippen molar-refractivity contribution in [2.75, 3.05) is 18.4 Å². The van der Waals surface area contributed by atoms with E-state index in [1.54, 1.807) is 30.0 Å². The van der Waals surface area contributed by atoms with Crippen LogP contribution in [-0.4, -0.2) is 34.7 Å². The molecule has 5 heteroatoms. The van der Waals surface area contributed by atoms with E-state index in [4.69, 9.17) is 11.6 Å². The Kier molecular flexibility index (Phi) is 3.26. The number of anilines is 1. The number of benzene rings is 1. The number of nitrogens with one attached hydrogen (secondary N) is 1. The molecule has 0 saturated carbocycles. The van der Waals surface area contributed by atoms with Gasteiger partial charge in [0, 0.05) is 6.54 Å². The fourth-order valence-corrected chi connectivity index (χ4v) is 2.06. The molecule has 2 amide bonds. The van der Waals surface area contributed by atoms with Crippen molar-refractivity contribution in [3.8, 4) is 0 Å². The third kappa shape index (κ3) is 2.90. The van der Waals surface area contributed by atoms with Crippen molar-refractivity contribution >= 4 is 23.3 Å². The monoisotopic (exact) mass is 254 g/mol. The van der Waals surface area contributed by atoms with Crippen LogP contribution in [0.2, 0.25) is 5.02 Å². The van der Waals surface area contributed by atoms with Gasteiger partial charge in [-0.2, -0.15) is 0 Å². The summed E-state index contributed by atoms with van der Waals surface area (Å²) in [6.07, 6.45) is 0.600. The predicted molar refractivity (Wildman–Crippen MR) is 67.3 cm³/mol. The Labute approximate surface area is 105 Å². The second-order valence-electron chi connectivity index (χ2n) is 4.58. The molecule has 1 atom stereocenters. The molecule has 1 aromatic rings. The molecule has 1 fully saturated rings. The van der Waals surface area contributed by atoms with E-state index in [1.807, 2.05) is 6.07 Å². The van der Waals surface area contributed by atoms with Crippen molar-refractivity contribution in [1.29, 1.82) is 0 Å². The minimum Gasteiger partial charge on any atom is -0.388 e. The zero-order chi connectivity index (χ0) is 12.5. The van der Waals surface area contributed by atoms with Gasteiger partial charge in [0.05, 0.1) is 22.9 Å². The molecule has 1 heterocycles. The number of halogens is 1. The number of likely N-dealkylation sites (tertiary alicyclic amines) is 1. The van der Waals surface area contributed by atoms with Crippen LogP contribution in [0.4, 0.5) is 10.5 Å². The number of para-hydroxylation sites is 1. The van der Waals surface area contributed by atoms with Crippen LogP contribution < -0.4 is 5.32 Å². The molecule has 1 saturated heterocycles. The fraction of sp³-hybridized carbons (Fsp3) is 0.417. The number of aliphatic hydroxyl groups is 1. The molecule has 0 spiro atoms. The maximum atomic E-state index is 11.9. The minimum atomic E-state index is -0.780. The first-order valence-corrected chi connectivity index (χ1v) is 5.89. The first kappa shape index (κ1) is 12.2. The SMILES string of the molecule is CC1(O)CCN(C(=O)Nc2ccccc2Cl)C1. The first-order chi connectivity index (χ1) is 7.98. The van der Waals surface area contributed by atoms with Gasteiger partial charge in [0.15, 0.2) is 0 Å². The van der Waals surface area contributed by atoms with E-state index in [0.29, 0.717) is 30.2 Å². The number of β-amino-alcohol motifs (C(OH)–C–C–N with tert-alkyl or cyclic N) is 1. The predicted octanol–water partition coefficient (Wildman–Crippen LogP) is 2.33. The third-order valence-electron chi connectivity index (χ3n) is 2.85. The van der Waals surface area contributed by atoms with Crippen molar-refractivity contribution < 1.29 is 9.90 Å². The first-order valence-electron chi connectivity index (χ1n) is 5.51. The molecule has 0 aromatic heterocycles. The lowest BCUT2D eigenvalue weighted by Crippen LogP contribution is -2.36. The Balaban J connectivity index is 2.01. The van der Waals surface area contributed by atoms with Crippen LogP contribution in [0.1, 0.15) is 13.3 Å². The standard InChI is InChI=1S/C12H15ClN2O2/c1-12(17)6-7-15(8-12)11(16)14-10-5-3-2-4-9(10)13/h2-5,17H,6-8H2,1H3,(H,14,16). The topological polar surface area (TPSA) is 52.6 Å². The molecule has 17 heavy (non-hydrogen) atoms. The Morgan fingerprint density at radius 3 is 2.82 bits per heavy atom. The van der Waals surface area contributed by atoms with Crippen LogP contribution in [0.15, 0.2) is 24.3 Å². The van der Waals surface area contributed by atoms with Crippen LogP contribution in [0.25, 0.3) is 0 Å². The highest BCUT2D eigenvalue weighted by atomic mass is 35.5. The number of amides is 2. The lowest BCUT2D eigenvalue weighted by atomic mass is 10.1. The molecular formula is C12H15ClN2O2. The number of carbonyl (C=O) groups is 1. The summed E-state index contributed by atoms with van der Waals surface area (Å²) in [6.45, 7) is 2.64. The normalized spacial score (nSPS) is 23.8. The molecule has 2 N–H and O–H groups in total. The summed E-state index contributed by atoms with van der Waals surface area (Å²) in [6, 6.07) is 6.85. The van der Waals surface area contributed by atoms with E-state index in [2.05, 4.69) is 5.32 Å². The van der Waals surface area contributed by atoms with Gasteiger partial charge in [0.1, 0.15) is 0 Å². The highest BCUT2D eigenvalue weighted by Crippen LogP contribution is 2.24. The van der Waals surface area contributed by atoms with Crippen molar-refractivity contribution in [2.24, 2.45) is 0 Å². The lowest BCUT2D eigenvalue weighted by molar-refractivity contribution is 0.0727. The Morgan fingerprint density at radius 2 is 2.24 bits per heavy atom. The van der Waals surface area contributed by atoms with E-state index < -0.39 is 5.60 Å². The number of hydrogen-bond acceptors (Lipinski definition) is 2. The highest BCUT2D eigenvalue weighted by molar-refractivity contribution is 6.33. The van der Waals surface area contributed by atoms with Gasteiger partial charge >= 0.3 is 6.03 Å². The maximum Gasteiger partial charge on any atom is 0.321 e. The Morgan fingerprint density at radius 1 is 1.53 bits per heavy atom. The van der Waals surface area contributed by atoms with E-state index in [0.717, 1.165) is 0 Å². The van der Waals surface area contributed by atoms with Gasteiger partial charge in [-0.05, 0) is 25.5 Å². The number of rotatable bonds is 1. The van der Waals surface area contributed by atoms with Crippen molar-refractivity contribution in [3.63, 3.8) is 0 Å². The third-order valence-corrected chi connectivity index (χ3v) is 3.18. The lowest BCUT2D eigenvalue weighted by Gasteiger charge is -2.19. The van der Waals surface area contributed by atoms with Crippen molar-refractivity contribution in [1.82, 2.24) is 4.90 Å². The van der Waals surface area contributed by atoms with Crippen LogP contribution in [-0.2, 0) is 0 Å². The zero-order valence-electron chi connectivity index (χ0n) is 9.61.